The van der Waals surface area contributed by atoms with E-state index in [0.717, 1.165) is 31.4 Å². The molecule has 0 saturated heterocycles. The molecule has 3 heteroatoms. The average molecular weight is 406 g/mol. The lowest BCUT2D eigenvalue weighted by Crippen LogP contribution is -2.50. The third-order valence-electron chi connectivity index (χ3n) is 6.83. The Morgan fingerprint density at radius 3 is 1.73 bits per heavy atom. The molecule has 0 spiro atoms. The van der Waals surface area contributed by atoms with Crippen molar-refractivity contribution in [2.24, 2.45) is 0 Å². The first-order chi connectivity index (χ1) is 14.7. The predicted octanol–water partition coefficient (Wildman–Crippen LogP) is 6.53. The van der Waals surface area contributed by atoms with Crippen molar-refractivity contribution in [3.05, 3.63) is 54.1 Å². The highest BCUT2D eigenvalue weighted by Gasteiger charge is 2.32. The van der Waals surface area contributed by atoms with Crippen molar-refractivity contribution in [3.8, 4) is 16.9 Å². The van der Waals surface area contributed by atoms with Gasteiger partial charge in [0, 0.05) is 12.1 Å². The van der Waals surface area contributed by atoms with Gasteiger partial charge in [-0.2, -0.15) is 0 Å². The number of carbonyl (C=O) groups is 1. The van der Waals surface area contributed by atoms with Gasteiger partial charge in [-0.05, 0) is 55.9 Å². The van der Waals surface area contributed by atoms with E-state index in [0.29, 0.717) is 12.1 Å². The Morgan fingerprint density at radius 2 is 1.23 bits per heavy atom. The molecule has 0 atom stereocenters. The first-order valence-electron chi connectivity index (χ1n) is 11.8. The number of hydrogen-bond acceptors (Lipinski definition) is 2. The molecule has 30 heavy (non-hydrogen) atoms. The summed E-state index contributed by atoms with van der Waals surface area (Å²) in [7, 11) is 0. The Kier molecular flexibility index (Phi) is 7.09. The Bertz CT molecular complexity index is 782. The molecule has 160 valence electrons. The Labute approximate surface area is 181 Å². The molecule has 0 N–H and O–H groups in total. The largest absolute Gasteiger partial charge is 0.484 e. The molecule has 0 aromatic heterocycles. The van der Waals surface area contributed by atoms with Crippen molar-refractivity contribution >= 4 is 5.91 Å². The van der Waals surface area contributed by atoms with Crippen LogP contribution < -0.4 is 4.74 Å². The molecule has 4 rings (SSSR count). The number of aryl methyl sites for hydroxylation is 1. The van der Waals surface area contributed by atoms with E-state index >= 15 is 0 Å². The lowest BCUT2D eigenvalue weighted by molar-refractivity contribution is -0.140. The van der Waals surface area contributed by atoms with Crippen molar-refractivity contribution in [2.75, 3.05) is 6.61 Å². The zero-order chi connectivity index (χ0) is 20.8. The van der Waals surface area contributed by atoms with Gasteiger partial charge in [0.25, 0.3) is 5.91 Å². The number of amides is 1. The second kappa shape index (κ2) is 10.1. The van der Waals surface area contributed by atoms with Crippen LogP contribution in [0.1, 0.15) is 69.8 Å². The smallest absolute Gasteiger partial charge is 0.261 e. The average Bonchev–Trinajstić information content (AvgIpc) is 2.80. The molecule has 3 nitrogen and oxygen atoms in total. The van der Waals surface area contributed by atoms with Crippen LogP contribution in [0.4, 0.5) is 0 Å². The second-order valence-electron chi connectivity index (χ2n) is 9.06. The van der Waals surface area contributed by atoms with Crippen molar-refractivity contribution in [2.45, 2.75) is 83.2 Å². The van der Waals surface area contributed by atoms with Crippen LogP contribution in [0.15, 0.2) is 48.5 Å². The number of rotatable bonds is 6. The predicted molar refractivity (Wildman–Crippen MR) is 123 cm³/mol. The third kappa shape index (κ3) is 5.24. The van der Waals surface area contributed by atoms with Gasteiger partial charge in [-0.15, -0.1) is 0 Å². The van der Waals surface area contributed by atoms with Gasteiger partial charge in [0.05, 0.1) is 0 Å². The lowest BCUT2D eigenvalue weighted by atomic mass is 9.88. The van der Waals surface area contributed by atoms with E-state index in [1.165, 1.54) is 55.2 Å². The summed E-state index contributed by atoms with van der Waals surface area (Å²) in [5.74, 6) is 0.947. The first-order valence-corrected chi connectivity index (χ1v) is 11.8. The molecule has 0 bridgehead atoms. The van der Waals surface area contributed by atoms with Crippen molar-refractivity contribution in [1.82, 2.24) is 4.90 Å². The highest BCUT2D eigenvalue weighted by molar-refractivity contribution is 5.78. The quantitative estimate of drug-likeness (QED) is 0.546. The van der Waals surface area contributed by atoms with E-state index in [1.807, 2.05) is 12.1 Å². The van der Waals surface area contributed by atoms with E-state index in [2.05, 4.69) is 48.2 Å². The van der Waals surface area contributed by atoms with Crippen LogP contribution in [0.2, 0.25) is 0 Å². The molecule has 2 aromatic rings. The number of benzene rings is 2. The Morgan fingerprint density at radius 1 is 0.767 bits per heavy atom. The molecule has 0 aliphatic heterocycles. The molecule has 2 aliphatic rings. The minimum atomic E-state index is 0.150. The van der Waals surface area contributed by atoms with E-state index in [4.69, 9.17) is 4.74 Å². The zero-order valence-electron chi connectivity index (χ0n) is 18.3. The molecular weight excluding hydrogens is 370 g/mol. The minimum Gasteiger partial charge on any atom is -0.484 e. The SMILES string of the molecule is Cc1ccc(-c2ccc(OCC(=O)N(C3CCCCC3)C3CCCCC3)cc2)cc1. The molecular formula is C27H35NO2. The van der Waals surface area contributed by atoms with Gasteiger partial charge >= 0.3 is 0 Å². The fraction of sp³-hybridized carbons (Fsp3) is 0.519. The van der Waals surface area contributed by atoms with Crippen LogP contribution in [0.3, 0.4) is 0 Å². The van der Waals surface area contributed by atoms with Crippen molar-refractivity contribution in [3.63, 3.8) is 0 Å². The monoisotopic (exact) mass is 405 g/mol. The summed E-state index contributed by atoms with van der Waals surface area (Å²) in [5, 5.41) is 0. The van der Waals surface area contributed by atoms with Crippen LogP contribution >= 0.6 is 0 Å². The molecule has 2 fully saturated rings. The van der Waals surface area contributed by atoms with Crippen molar-refractivity contribution < 1.29 is 9.53 Å². The molecule has 0 heterocycles. The molecule has 2 aliphatic carbocycles. The molecule has 2 saturated carbocycles. The van der Waals surface area contributed by atoms with Gasteiger partial charge in [0.1, 0.15) is 5.75 Å². The third-order valence-corrected chi connectivity index (χ3v) is 6.83. The second-order valence-corrected chi connectivity index (χ2v) is 9.06. The maximum Gasteiger partial charge on any atom is 0.261 e. The summed E-state index contributed by atoms with van der Waals surface area (Å²) >= 11 is 0. The number of hydrogen-bond donors (Lipinski definition) is 0. The summed E-state index contributed by atoms with van der Waals surface area (Å²) in [6.45, 7) is 2.25. The van der Waals surface area contributed by atoms with E-state index < -0.39 is 0 Å². The highest BCUT2D eigenvalue weighted by atomic mass is 16.5. The standard InChI is InChI=1S/C27H35NO2/c1-21-12-14-22(15-13-21)23-16-18-26(19-17-23)30-20-27(29)28(24-8-4-2-5-9-24)25-10-6-3-7-11-25/h12-19,24-25H,2-11,20H2,1H3. The van der Waals surface area contributed by atoms with Crippen LogP contribution in [0, 0.1) is 6.92 Å². The summed E-state index contributed by atoms with van der Waals surface area (Å²) in [4.78, 5) is 15.5. The summed E-state index contributed by atoms with van der Waals surface area (Å²) in [6, 6.07) is 17.5. The Hall–Kier alpha value is -2.29. The van der Waals surface area contributed by atoms with Crippen LogP contribution in [-0.4, -0.2) is 29.5 Å². The van der Waals surface area contributed by atoms with E-state index in [-0.39, 0.29) is 12.5 Å². The number of ether oxygens (including phenoxy) is 1. The molecule has 2 aromatic carbocycles. The molecule has 1 amide bonds. The van der Waals surface area contributed by atoms with Gasteiger partial charge < -0.3 is 9.64 Å². The van der Waals surface area contributed by atoms with Crippen molar-refractivity contribution in [1.29, 1.82) is 0 Å². The molecule has 0 radical (unpaired) electrons. The first kappa shape index (κ1) is 21.0. The summed E-state index contributed by atoms with van der Waals surface area (Å²) < 4.78 is 5.95. The van der Waals surface area contributed by atoms with E-state index in [9.17, 15) is 4.79 Å². The van der Waals surface area contributed by atoms with Crippen LogP contribution in [-0.2, 0) is 4.79 Å². The summed E-state index contributed by atoms with van der Waals surface area (Å²) in [5.41, 5.74) is 3.63. The Balaban J connectivity index is 1.39. The van der Waals surface area contributed by atoms with Crippen LogP contribution in [0.25, 0.3) is 11.1 Å². The molecule has 0 unspecified atom stereocenters. The normalized spacial score (nSPS) is 18.2. The van der Waals surface area contributed by atoms with Crippen LogP contribution in [0.5, 0.6) is 5.75 Å². The fourth-order valence-electron chi connectivity index (χ4n) is 5.13. The van der Waals surface area contributed by atoms with Gasteiger partial charge in [0.2, 0.25) is 0 Å². The topological polar surface area (TPSA) is 29.5 Å². The maximum atomic E-state index is 13.2. The van der Waals surface area contributed by atoms with Gasteiger partial charge in [-0.3, -0.25) is 4.79 Å². The number of nitrogens with zero attached hydrogens (tertiary/aromatic N) is 1. The van der Waals surface area contributed by atoms with Gasteiger partial charge in [0.15, 0.2) is 6.61 Å². The lowest BCUT2D eigenvalue weighted by Gasteiger charge is -2.41. The fourth-order valence-corrected chi connectivity index (χ4v) is 5.13. The minimum absolute atomic E-state index is 0.150. The van der Waals surface area contributed by atoms with E-state index in [1.54, 1.807) is 0 Å². The number of carbonyl (C=O) groups excluding carboxylic acids is 1. The van der Waals surface area contributed by atoms with Gasteiger partial charge in [-0.1, -0.05) is 80.5 Å². The van der Waals surface area contributed by atoms with Gasteiger partial charge in [-0.25, -0.2) is 0 Å². The maximum absolute atomic E-state index is 13.2. The zero-order valence-corrected chi connectivity index (χ0v) is 18.3. The summed E-state index contributed by atoms with van der Waals surface area (Å²) in [6.07, 6.45) is 12.3. The highest BCUT2D eigenvalue weighted by Crippen LogP contribution is 2.30.